The van der Waals surface area contributed by atoms with Crippen molar-refractivity contribution in [1.82, 2.24) is 10.2 Å². The zero-order valence-corrected chi connectivity index (χ0v) is 20.7. The van der Waals surface area contributed by atoms with Gasteiger partial charge in [0.25, 0.3) is 0 Å². The molecule has 0 aliphatic carbocycles. The Morgan fingerprint density at radius 2 is 1.53 bits per heavy atom. The highest BCUT2D eigenvalue weighted by molar-refractivity contribution is 9.10. The summed E-state index contributed by atoms with van der Waals surface area (Å²) in [5, 5.41) is 5.77. The van der Waals surface area contributed by atoms with Gasteiger partial charge in [-0.15, -0.1) is 0 Å². The van der Waals surface area contributed by atoms with Crippen molar-refractivity contribution in [2.24, 2.45) is 5.92 Å². The molecule has 0 spiro atoms. The summed E-state index contributed by atoms with van der Waals surface area (Å²) in [6.45, 7) is 1.44. The average molecular weight is 520 g/mol. The third kappa shape index (κ3) is 6.94. The van der Waals surface area contributed by atoms with Crippen LogP contribution in [0.25, 0.3) is 0 Å². The van der Waals surface area contributed by atoms with Crippen LogP contribution in [0.3, 0.4) is 0 Å². The first kappa shape index (κ1) is 24.0. The molecular weight excluding hydrogens is 490 g/mol. The molecule has 34 heavy (non-hydrogen) atoms. The number of piperidine rings is 1. The van der Waals surface area contributed by atoms with E-state index in [9.17, 15) is 9.59 Å². The minimum absolute atomic E-state index is 0.0218. The maximum Gasteiger partial charge on any atom is 0.319 e. The molecule has 5 nitrogen and oxygen atoms in total. The molecule has 0 aromatic heterocycles. The molecule has 0 bridgehead atoms. The molecule has 1 unspecified atom stereocenters. The quantitative estimate of drug-likeness (QED) is 0.422. The number of likely N-dealkylation sites (tertiary alicyclic amines) is 1. The fourth-order valence-corrected chi connectivity index (χ4v) is 4.87. The normalized spacial score (nSPS) is 14.9. The molecule has 1 aliphatic rings. The molecular formula is C28H30BrN3O2. The number of halogens is 1. The number of hydrogen-bond donors (Lipinski definition) is 2. The van der Waals surface area contributed by atoms with Crippen LogP contribution in [0.4, 0.5) is 10.5 Å². The predicted molar refractivity (Wildman–Crippen MR) is 140 cm³/mol. The summed E-state index contributed by atoms with van der Waals surface area (Å²) in [7, 11) is 0. The summed E-state index contributed by atoms with van der Waals surface area (Å²) in [4.78, 5) is 28.2. The Bertz CT molecular complexity index is 1080. The highest BCUT2D eigenvalue weighted by Gasteiger charge is 2.29. The van der Waals surface area contributed by atoms with E-state index >= 15 is 0 Å². The fourth-order valence-electron chi connectivity index (χ4n) is 4.47. The van der Waals surface area contributed by atoms with Crippen LogP contribution in [0.15, 0.2) is 89.4 Å². The van der Waals surface area contributed by atoms with Gasteiger partial charge < -0.3 is 15.5 Å². The number of carbonyl (C=O) groups is 2. The first-order chi connectivity index (χ1) is 16.6. The molecule has 2 N–H and O–H groups in total. The van der Waals surface area contributed by atoms with Crippen molar-refractivity contribution in [1.29, 1.82) is 0 Å². The number of hydrogen-bond acceptors (Lipinski definition) is 2. The number of rotatable bonds is 7. The van der Waals surface area contributed by atoms with Crippen LogP contribution >= 0.6 is 15.9 Å². The van der Waals surface area contributed by atoms with Crippen LogP contribution in [0, 0.1) is 5.92 Å². The molecule has 3 aromatic carbocycles. The third-order valence-electron chi connectivity index (χ3n) is 6.26. The lowest BCUT2D eigenvalue weighted by Crippen LogP contribution is -2.52. The molecule has 4 rings (SSSR count). The Balaban J connectivity index is 1.39. The Hall–Kier alpha value is -3.12. The van der Waals surface area contributed by atoms with Crippen LogP contribution in [0.5, 0.6) is 0 Å². The second kappa shape index (κ2) is 11.8. The van der Waals surface area contributed by atoms with Gasteiger partial charge in [-0.3, -0.25) is 4.79 Å². The van der Waals surface area contributed by atoms with Gasteiger partial charge in [-0.2, -0.15) is 0 Å². The molecule has 0 radical (unpaired) electrons. The largest absolute Gasteiger partial charge is 0.341 e. The Kier molecular flexibility index (Phi) is 8.36. The maximum atomic E-state index is 13.5. The first-order valence-corrected chi connectivity index (χ1v) is 12.6. The minimum atomic E-state index is -0.625. The number of carbonyl (C=O) groups excluding carboxylic acids is 2. The van der Waals surface area contributed by atoms with Crippen molar-refractivity contribution in [2.45, 2.75) is 31.7 Å². The molecule has 1 fully saturated rings. The van der Waals surface area contributed by atoms with E-state index in [-0.39, 0.29) is 11.9 Å². The lowest BCUT2D eigenvalue weighted by molar-refractivity contribution is -0.134. The topological polar surface area (TPSA) is 61.4 Å². The number of anilines is 1. The predicted octanol–water partition coefficient (Wildman–Crippen LogP) is 5.66. The third-order valence-corrected chi connectivity index (χ3v) is 6.76. The lowest BCUT2D eigenvalue weighted by Gasteiger charge is -2.34. The minimum Gasteiger partial charge on any atom is -0.341 e. The zero-order valence-electron chi connectivity index (χ0n) is 19.1. The molecule has 1 heterocycles. The Morgan fingerprint density at radius 3 is 2.18 bits per heavy atom. The van der Waals surface area contributed by atoms with E-state index in [1.54, 1.807) is 0 Å². The summed E-state index contributed by atoms with van der Waals surface area (Å²) in [6.07, 6.45) is 3.45. The maximum absolute atomic E-state index is 13.5. The molecule has 1 atom stereocenters. The molecule has 6 heteroatoms. The highest BCUT2D eigenvalue weighted by Crippen LogP contribution is 2.23. The van der Waals surface area contributed by atoms with Gasteiger partial charge >= 0.3 is 6.03 Å². The number of urea groups is 1. The van der Waals surface area contributed by atoms with E-state index in [1.165, 1.54) is 5.56 Å². The number of nitrogens with zero attached hydrogens (tertiary/aromatic N) is 1. The van der Waals surface area contributed by atoms with E-state index in [0.717, 1.165) is 42.4 Å². The average Bonchev–Trinajstić information content (AvgIpc) is 2.85. The Labute approximate surface area is 209 Å². The summed E-state index contributed by atoms with van der Waals surface area (Å²) < 4.78 is 0.876. The van der Waals surface area contributed by atoms with Crippen molar-refractivity contribution in [3.05, 3.63) is 101 Å². The van der Waals surface area contributed by atoms with Gasteiger partial charge in [0.1, 0.15) is 6.04 Å². The van der Waals surface area contributed by atoms with E-state index in [1.807, 2.05) is 65.6 Å². The van der Waals surface area contributed by atoms with Gasteiger partial charge in [-0.05, 0) is 54.5 Å². The van der Waals surface area contributed by atoms with E-state index in [2.05, 4.69) is 50.8 Å². The summed E-state index contributed by atoms with van der Waals surface area (Å²) in [5.41, 5.74) is 3.03. The van der Waals surface area contributed by atoms with Gasteiger partial charge in [-0.1, -0.05) is 82.7 Å². The Morgan fingerprint density at radius 1 is 0.882 bits per heavy atom. The number of amides is 3. The zero-order chi connectivity index (χ0) is 23.8. The molecule has 176 valence electrons. The molecule has 1 aliphatic heterocycles. The van der Waals surface area contributed by atoms with E-state index in [4.69, 9.17) is 0 Å². The van der Waals surface area contributed by atoms with Crippen LogP contribution < -0.4 is 10.6 Å². The first-order valence-electron chi connectivity index (χ1n) is 11.8. The molecule has 3 aromatic rings. The molecule has 3 amide bonds. The highest BCUT2D eigenvalue weighted by atomic mass is 79.9. The molecule has 0 saturated carbocycles. The number of nitrogens with one attached hydrogen (secondary N) is 2. The van der Waals surface area contributed by atoms with E-state index < -0.39 is 6.04 Å². The fraction of sp³-hybridized carbons (Fsp3) is 0.286. The van der Waals surface area contributed by atoms with Crippen molar-refractivity contribution >= 4 is 33.6 Å². The summed E-state index contributed by atoms with van der Waals surface area (Å²) >= 11 is 3.42. The van der Waals surface area contributed by atoms with Crippen molar-refractivity contribution in [2.75, 3.05) is 18.4 Å². The molecule has 1 saturated heterocycles. The lowest BCUT2D eigenvalue weighted by atomic mass is 9.90. The number of benzene rings is 3. The van der Waals surface area contributed by atoms with Crippen LogP contribution in [0.2, 0.25) is 0 Å². The van der Waals surface area contributed by atoms with Crippen LogP contribution in [-0.2, 0) is 17.6 Å². The van der Waals surface area contributed by atoms with Gasteiger partial charge in [0, 0.05) is 29.7 Å². The monoisotopic (exact) mass is 519 g/mol. The van der Waals surface area contributed by atoms with E-state index in [0.29, 0.717) is 18.0 Å². The smallest absolute Gasteiger partial charge is 0.319 e. The summed E-state index contributed by atoms with van der Waals surface area (Å²) in [6, 6.07) is 26.7. The van der Waals surface area contributed by atoms with Crippen LogP contribution in [-0.4, -0.2) is 36.0 Å². The second-order valence-corrected chi connectivity index (χ2v) is 9.73. The van der Waals surface area contributed by atoms with Gasteiger partial charge in [0.2, 0.25) is 5.91 Å². The van der Waals surface area contributed by atoms with Crippen molar-refractivity contribution in [3.8, 4) is 0 Å². The SMILES string of the molecule is O=C(Nc1cccc(Br)c1)NC(Cc1ccccc1)C(=O)N1CCC(Cc2ccccc2)CC1. The van der Waals surface area contributed by atoms with Gasteiger partial charge in [0.15, 0.2) is 0 Å². The van der Waals surface area contributed by atoms with Gasteiger partial charge in [0.05, 0.1) is 0 Å². The standard InChI is InChI=1S/C28H30BrN3O2/c29-24-12-7-13-25(20-24)30-28(34)31-26(19-22-10-5-2-6-11-22)27(33)32-16-14-23(15-17-32)18-21-8-3-1-4-9-21/h1-13,20,23,26H,14-19H2,(H2,30,31,34). The summed E-state index contributed by atoms with van der Waals surface area (Å²) in [5.74, 6) is 0.554. The van der Waals surface area contributed by atoms with Gasteiger partial charge in [-0.25, -0.2) is 4.79 Å². The van der Waals surface area contributed by atoms with Crippen LogP contribution in [0.1, 0.15) is 24.0 Å². The van der Waals surface area contributed by atoms with Crippen molar-refractivity contribution in [3.63, 3.8) is 0 Å². The second-order valence-electron chi connectivity index (χ2n) is 8.81. The van der Waals surface area contributed by atoms with Crippen molar-refractivity contribution < 1.29 is 9.59 Å².